The van der Waals surface area contributed by atoms with Crippen molar-refractivity contribution in [2.24, 2.45) is 0 Å². The van der Waals surface area contributed by atoms with Gasteiger partial charge in [-0.3, -0.25) is 0 Å². The Kier molecular flexibility index (Phi) is 9.66. The van der Waals surface area contributed by atoms with Crippen molar-refractivity contribution in [2.75, 3.05) is 13.2 Å². The molecule has 0 aromatic rings. The van der Waals surface area contributed by atoms with Gasteiger partial charge in [0.2, 0.25) is 8.32 Å². The molecule has 5 heteroatoms. The number of carboxylic acid groups (broad SMARTS) is 1. The minimum atomic E-state index is -1.85. The molecule has 0 aromatic carbocycles. The number of aliphatic carboxylic acids is 1. The molecular weight excluding hydrogens is 308 g/mol. The number of rotatable bonds is 11. The predicted octanol–water partition coefficient (Wildman–Crippen LogP) is 4.78. The second-order valence-electron chi connectivity index (χ2n) is 7.00. The number of carbonyl (C=O) groups is 1. The van der Waals surface area contributed by atoms with Crippen molar-refractivity contribution in [2.45, 2.75) is 71.2 Å². The lowest BCUT2D eigenvalue weighted by Crippen LogP contribution is -2.47. The average Bonchev–Trinajstić information content (AvgIpc) is 2.39. The molecule has 0 amide bonds. The van der Waals surface area contributed by atoms with Gasteiger partial charge in [-0.1, -0.05) is 60.3 Å². The van der Waals surface area contributed by atoms with Crippen LogP contribution in [0.15, 0.2) is 24.3 Å². The fourth-order valence-electron chi connectivity index (χ4n) is 3.40. The minimum Gasteiger partial charge on any atom is -0.479 e. The van der Waals surface area contributed by atoms with Crippen LogP contribution >= 0.6 is 0 Å². The number of carboxylic acids is 1. The second kappa shape index (κ2) is 10.1. The van der Waals surface area contributed by atoms with E-state index in [1.54, 1.807) is 6.92 Å². The third-order valence-electron chi connectivity index (χ3n) is 4.33. The van der Waals surface area contributed by atoms with E-state index in [-0.39, 0.29) is 6.61 Å². The first-order chi connectivity index (χ1) is 10.6. The van der Waals surface area contributed by atoms with Gasteiger partial charge in [0.15, 0.2) is 6.10 Å². The Morgan fingerprint density at radius 2 is 1.48 bits per heavy atom. The molecule has 1 unspecified atom stereocenters. The van der Waals surface area contributed by atoms with Gasteiger partial charge in [-0.2, -0.15) is 0 Å². The summed E-state index contributed by atoms with van der Waals surface area (Å²) in [6, 6.07) is 0. The van der Waals surface area contributed by atoms with Crippen LogP contribution in [0.2, 0.25) is 16.6 Å². The zero-order valence-corrected chi connectivity index (χ0v) is 16.8. The number of hydrogen-bond acceptors (Lipinski definition) is 3. The van der Waals surface area contributed by atoms with Crippen LogP contribution in [-0.4, -0.2) is 38.7 Å². The van der Waals surface area contributed by atoms with Crippen molar-refractivity contribution in [1.82, 2.24) is 0 Å². The van der Waals surface area contributed by atoms with Gasteiger partial charge in [-0.15, -0.1) is 0 Å². The summed E-state index contributed by atoms with van der Waals surface area (Å²) >= 11 is 0. The molecule has 0 saturated carbocycles. The van der Waals surface area contributed by atoms with Crippen molar-refractivity contribution >= 4 is 14.3 Å². The van der Waals surface area contributed by atoms with E-state index in [0.29, 0.717) is 28.8 Å². The molecule has 0 heterocycles. The monoisotopic (exact) mass is 342 g/mol. The molecule has 0 fully saturated rings. The van der Waals surface area contributed by atoms with Crippen molar-refractivity contribution in [3.05, 3.63) is 24.3 Å². The molecule has 1 N–H and O–H groups in total. The SMILES string of the molecule is C=C(C)C(OC/C=C\CO[Si](C(C)C)(C(C)C)C(C)C)C(=O)O. The quantitative estimate of drug-likeness (QED) is 0.433. The van der Waals surface area contributed by atoms with Crippen molar-refractivity contribution in [1.29, 1.82) is 0 Å². The van der Waals surface area contributed by atoms with E-state index in [2.05, 4.69) is 48.1 Å². The van der Waals surface area contributed by atoms with Crippen LogP contribution in [0, 0.1) is 0 Å². The maximum atomic E-state index is 11.0. The largest absolute Gasteiger partial charge is 0.479 e. The van der Waals surface area contributed by atoms with Gasteiger partial charge < -0.3 is 14.3 Å². The van der Waals surface area contributed by atoms with Crippen molar-refractivity contribution in [3.8, 4) is 0 Å². The molecule has 0 rings (SSSR count). The Hall–Kier alpha value is -0.913. The van der Waals surface area contributed by atoms with E-state index >= 15 is 0 Å². The van der Waals surface area contributed by atoms with E-state index in [1.165, 1.54) is 0 Å². The molecule has 0 aromatic heterocycles. The van der Waals surface area contributed by atoms with Crippen LogP contribution in [0.3, 0.4) is 0 Å². The maximum Gasteiger partial charge on any atom is 0.337 e. The smallest absolute Gasteiger partial charge is 0.337 e. The number of ether oxygens (including phenoxy) is 1. The highest BCUT2D eigenvalue weighted by Crippen LogP contribution is 2.42. The summed E-state index contributed by atoms with van der Waals surface area (Å²) in [6.07, 6.45) is 2.79. The molecular formula is C18H34O4Si. The molecule has 0 spiro atoms. The summed E-state index contributed by atoms with van der Waals surface area (Å²) in [6.45, 7) is 19.6. The second-order valence-corrected chi connectivity index (χ2v) is 12.5. The maximum absolute atomic E-state index is 11.0. The van der Waals surface area contributed by atoms with Crippen LogP contribution in [0.4, 0.5) is 0 Å². The lowest BCUT2D eigenvalue weighted by atomic mass is 10.2. The Labute approximate surface area is 142 Å². The summed E-state index contributed by atoms with van der Waals surface area (Å²) in [5.74, 6) is -1.01. The van der Waals surface area contributed by atoms with E-state index in [4.69, 9.17) is 14.3 Å². The summed E-state index contributed by atoms with van der Waals surface area (Å²) in [5, 5.41) is 9.01. The topological polar surface area (TPSA) is 55.8 Å². The fourth-order valence-corrected chi connectivity index (χ4v) is 8.79. The van der Waals surface area contributed by atoms with Gasteiger partial charge in [0.1, 0.15) is 0 Å². The van der Waals surface area contributed by atoms with E-state index in [9.17, 15) is 4.79 Å². The molecule has 0 aliphatic carbocycles. The van der Waals surface area contributed by atoms with Crippen LogP contribution in [-0.2, 0) is 14.0 Å². The molecule has 4 nitrogen and oxygen atoms in total. The molecule has 0 aliphatic heterocycles. The van der Waals surface area contributed by atoms with Gasteiger partial charge in [-0.05, 0) is 29.1 Å². The minimum absolute atomic E-state index is 0.243. The van der Waals surface area contributed by atoms with Crippen molar-refractivity contribution in [3.63, 3.8) is 0 Å². The molecule has 1 atom stereocenters. The van der Waals surface area contributed by atoms with Crippen molar-refractivity contribution < 1.29 is 19.1 Å². The first-order valence-electron chi connectivity index (χ1n) is 8.36. The molecule has 0 saturated heterocycles. The average molecular weight is 343 g/mol. The lowest BCUT2D eigenvalue weighted by molar-refractivity contribution is -0.147. The van der Waals surface area contributed by atoms with Crippen LogP contribution in [0.1, 0.15) is 48.5 Å². The van der Waals surface area contributed by atoms with Crippen LogP contribution in [0.25, 0.3) is 0 Å². The summed E-state index contributed by atoms with van der Waals surface area (Å²) in [5.41, 5.74) is 2.14. The summed E-state index contributed by atoms with van der Waals surface area (Å²) in [7, 11) is -1.85. The highest BCUT2D eigenvalue weighted by atomic mass is 28.4. The Bertz CT molecular complexity index is 377. The summed E-state index contributed by atoms with van der Waals surface area (Å²) in [4.78, 5) is 11.0. The van der Waals surface area contributed by atoms with E-state index in [1.807, 2.05) is 12.2 Å². The third-order valence-corrected chi connectivity index (χ3v) is 10.4. The lowest BCUT2D eigenvalue weighted by Gasteiger charge is -2.41. The Morgan fingerprint density at radius 1 is 1.04 bits per heavy atom. The molecule has 0 radical (unpaired) electrons. The molecule has 0 bridgehead atoms. The van der Waals surface area contributed by atoms with Gasteiger partial charge in [0, 0.05) is 0 Å². The number of hydrogen-bond donors (Lipinski definition) is 1. The molecule has 23 heavy (non-hydrogen) atoms. The van der Waals surface area contributed by atoms with E-state index < -0.39 is 20.4 Å². The van der Waals surface area contributed by atoms with Gasteiger partial charge in [0.25, 0.3) is 0 Å². The van der Waals surface area contributed by atoms with Crippen LogP contribution < -0.4 is 0 Å². The predicted molar refractivity (Wildman–Crippen MR) is 98.3 cm³/mol. The van der Waals surface area contributed by atoms with Gasteiger partial charge in [0.05, 0.1) is 13.2 Å². The van der Waals surface area contributed by atoms with E-state index in [0.717, 1.165) is 0 Å². The Balaban J connectivity index is 4.56. The zero-order valence-electron chi connectivity index (χ0n) is 15.8. The molecule has 0 aliphatic rings. The van der Waals surface area contributed by atoms with Gasteiger partial charge >= 0.3 is 5.97 Å². The highest BCUT2D eigenvalue weighted by molar-refractivity contribution is 6.77. The first-order valence-corrected chi connectivity index (χ1v) is 10.5. The fraction of sp³-hybridized carbons (Fsp3) is 0.722. The molecule has 134 valence electrons. The van der Waals surface area contributed by atoms with Crippen LogP contribution in [0.5, 0.6) is 0 Å². The highest BCUT2D eigenvalue weighted by Gasteiger charge is 2.44. The summed E-state index contributed by atoms with van der Waals surface area (Å²) < 4.78 is 11.7. The third kappa shape index (κ3) is 6.24. The Morgan fingerprint density at radius 3 is 1.83 bits per heavy atom. The standard InChI is InChI=1S/C18H34O4Si/c1-13(2)17(18(19)20)21-11-9-10-12-22-23(14(3)4,15(5)6)16(7)8/h9-10,14-17H,1,11-12H2,2-8H3,(H,19,20)/b10-9-. The normalized spacial score (nSPS) is 14.2. The van der Waals surface area contributed by atoms with Gasteiger partial charge in [-0.25, -0.2) is 4.79 Å². The zero-order chi connectivity index (χ0) is 18.2. The first kappa shape index (κ1) is 22.1.